The van der Waals surface area contributed by atoms with Crippen molar-refractivity contribution >= 4 is 35.0 Å². The maximum Gasteiger partial charge on any atom is 0.250 e. The Morgan fingerprint density at radius 3 is 2.77 bits per heavy atom. The lowest BCUT2D eigenvalue weighted by molar-refractivity contribution is -0.125. The van der Waals surface area contributed by atoms with E-state index in [9.17, 15) is 14.4 Å². The van der Waals surface area contributed by atoms with E-state index in [2.05, 4.69) is 11.9 Å². The van der Waals surface area contributed by atoms with Gasteiger partial charge in [0.1, 0.15) is 0 Å². The molecule has 7 heteroatoms. The van der Waals surface area contributed by atoms with E-state index in [1.165, 1.54) is 18.2 Å². The van der Waals surface area contributed by atoms with Gasteiger partial charge in [-0.25, -0.2) is 0 Å². The Kier molecular flexibility index (Phi) is 4.82. The summed E-state index contributed by atoms with van der Waals surface area (Å²) < 4.78 is 0. The maximum absolute atomic E-state index is 12.3. The first-order valence-corrected chi connectivity index (χ1v) is 7.11. The number of carbonyl (C=O) groups is 3. The summed E-state index contributed by atoms with van der Waals surface area (Å²) >= 11 is 5.82. The van der Waals surface area contributed by atoms with Crippen LogP contribution >= 0.6 is 11.6 Å². The van der Waals surface area contributed by atoms with Gasteiger partial charge in [0.25, 0.3) is 5.91 Å². The summed E-state index contributed by atoms with van der Waals surface area (Å²) in [5, 5.41) is 3.03. The monoisotopic (exact) mass is 321 g/mol. The summed E-state index contributed by atoms with van der Waals surface area (Å²) in [6.45, 7) is 4.26. The summed E-state index contributed by atoms with van der Waals surface area (Å²) in [5.74, 6) is -1.46. The van der Waals surface area contributed by atoms with Crippen molar-refractivity contribution in [2.75, 3.05) is 18.4 Å². The Hall–Kier alpha value is -2.34. The van der Waals surface area contributed by atoms with Crippen molar-refractivity contribution in [3.63, 3.8) is 0 Å². The first-order valence-electron chi connectivity index (χ1n) is 6.74. The van der Waals surface area contributed by atoms with Gasteiger partial charge in [-0.15, -0.1) is 0 Å². The molecule has 3 N–H and O–H groups in total. The van der Waals surface area contributed by atoms with Crippen LogP contribution in [0.25, 0.3) is 0 Å². The van der Waals surface area contributed by atoms with Crippen LogP contribution in [0.5, 0.6) is 0 Å². The first kappa shape index (κ1) is 16.0. The lowest BCUT2D eigenvalue weighted by Gasteiger charge is -2.15. The third kappa shape index (κ3) is 3.46. The fourth-order valence-electron chi connectivity index (χ4n) is 2.37. The average Bonchev–Trinajstić information content (AvgIpc) is 2.98. The lowest BCUT2D eigenvalue weighted by Crippen LogP contribution is -2.30. The number of rotatable bonds is 4. The van der Waals surface area contributed by atoms with E-state index >= 15 is 0 Å². The van der Waals surface area contributed by atoms with E-state index in [1.807, 2.05) is 0 Å². The molecule has 0 aliphatic carbocycles. The Morgan fingerprint density at radius 1 is 1.41 bits per heavy atom. The van der Waals surface area contributed by atoms with Crippen LogP contribution in [0.4, 0.5) is 5.69 Å². The second kappa shape index (κ2) is 6.62. The summed E-state index contributed by atoms with van der Waals surface area (Å²) in [6, 6.07) is 4.50. The number of amides is 3. The molecule has 6 nitrogen and oxygen atoms in total. The zero-order valence-electron chi connectivity index (χ0n) is 11.8. The van der Waals surface area contributed by atoms with Crippen molar-refractivity contribution in [2.24, 2.45) is 11.7 Å². The highest BCUT2D eigenvalue weighted by molar-refractivity contribution is 6.31. The second-order valence-corrected chi connectivity index (χ2v) is 5.45. The summed E-state index contributed by atoms with van der Waals surface area (Å²) in [4.78, 5) is 36.8. The predicted octanol–water partition coefficient (Wildman–Crippen LogP) is 1.41. The second-order valence-electron chi connectivity index (χ2n) is 5.02. The normalized spacial score (nSPS) is 17.1. The Labute approximate surface area is 132 Å². The van der Waals surface area contributed by atoms with Gasteiger partial charge in [-0.3, -0.25) is 14.4 Å². The number of hydrogen-bond acceptors (Lipinski definition) is 3. The standard InChI is InChI=1S/C15H16ClN3O3/c1-2-13(20)19-6-5-9(8-19)15(22)18-12-4-3-10(16)7-11(12)14(17)21/h2-4,7,9H,1,5-6,8H2,(H2,17,21)(H,18,22). The number of halogens is 1. The lowest BCUT2D eigenvalue weighted by atomic mass is 10.1. The summed E-state index contributed by atoms with van der Waals surface area (Å²) in [7, 11) is 0. The van der Waals surface area contributed by atoms with Crippen LogP contribution in [-0.4, -0.2) is 35.7 Å². The van der Waals surface area contributed by atoms with E-state index in [0.29, 0.717) is 30.2 Å². The number of hydrogen-bond donors (Lipinski definition) is 2. The van der Waals surface area contributed by atoms with Crippen molar-refractivity contribution in [2.45, 2.75) is 6.42 Å². The van der Waals surface area contributed by atoms with Crippen LogP contribution in [0.15, 0.2) is 30.9 Å². The van der Waals surface area contributed by atoms with Gasteiger partial charge in [-0.2, -0.15) is 0 Å². The smallest absolute Gasteiger partial charge is 0.250 e. The Morgan fingerprint density at radius 2 is 2.14 bits per heavy atom. The van der Waals surface area contributed by atoms with Crippen LogP contribution < -0.4 is 11.1 Å². The van der Waals surface area contributed by atoms with Crippen molar-refractivity contribution in [1.29, 1.82) is 0 Å². The molecule has 1 atom stereocenters. The fraction of sp³-hybridized carbons (Fsp3) is 0.267. The highest BCUT2D eigenvalue weighted by Crippen LogP contribution is 2.23. The molecule has 1 heterocycles. The van der Waals surface area contributed by atoms with E-state index in [1.54, 1.807) is 11.0 Å². The Balaban J connectivity index is 2.09. The molecule has 1 saturated heterocycles. The van der Waals surface area contributed by atoms with Gasteiger partial charge in [0.2, 0.25) is 11.8 Å². The topological polar surface area (TPSA) is 92.5 Å². The molecule has 1 aliphatic heterocycles. The molecular weight excluding hydrogens is 306 g/mol. The molecule has 1 unspecified atom stereocenters. The van der Waals surface area contributed by atoms with E-state index in [0.717, 1.165) is 0 Å². The van der Waals surface area contributed by atoms with Gasteiger partial charge in [-0.1, -0.05) is 18.2 Å². The van der Waals surface area contributed by atoms with E-state index in [-0.39, 0.29) is 23.3 Å². The molecular formula is C15H16ClN3O3. The summed E-state index contributed by atoms with van der Waals surface area (Å²) in [5.41, 5.74) is 5.75. The third-order valence-electron chi connectivity index (χ3n) is 3.55. The van der Waals surface area contributed by atoms with E-state index in [4.69, 9.17) is 17.3 Å². The van der Waals surface area contributed by atoms with Crippen molar-refractivity contribution in [3.05, 3.63) is 41.4 Å². The number of benzene rings is 1. The largest absolute Gasteiger partial charge is 0.366 e. The molecule has 116 valence electrons. The van der Waals surface area contributed by atoms with Crippen LogP contribution in [0.1, 0.15) is 16.8 Å². The first-order chi connectivity index (χ1) is 10.4. The molecule has 2 rings (SSSR count). The molecule has 0 saturated carbocycles. The van der Waals surface area contributed by atoms with Gasteiger partial charge in [-0.05, 0) is 30.7 Å². The van der Waals surface area contributed by atoms with Crippen LogP contribution in [0, 0.1) is 5.92 Å². The minimum atomic E-state index is -0.673. The predicted molar refractivity (Wildman–Crippen MR) is 83.5 cm³/mol. The SMILES string of the molecule is C=CC(=O)N1CCC(C(=O)Nc2ccc(Cl)cc2C(N)=O)C1. The molecule has 0 aromatic heterocycles. The number of nitrogens with zero attached hydrogens (tertiary/aromatic N) is 1. The molecule has 0 spiro atoms. The highest BCUT2D eigenvalue weighted by atomic mass is 35.5. The number of likely N-dealkylation sites (tertiary alicyclic amines) is 1. The third-order valence-corrected chi connectivity index (χ3v) is 3.79. The number of nitrogens with two attached hydrogens (primary N) is 1. The van der Waals surface area contributed by atoms with Crippen LogP contribution in [-0.2, 0) is 9.59 Å². The molecule has 1 aromatic rings. The minimum absolute atomic E-state index is 0.151. The number of carbonyl (C=O) groups excluding carboxylic acids is 3. The van der Waals surface area contributed by atoms with Gasteiger partial charge < -0.3 is 16.0 Å². The maximum atomic E-state index is 12.3. The molecule has 1 aliphatic rings. The minimum Gasteiger partial charge on any atom is -0.366 e. The molecule has 1 aromatic carbocycles. The summed E-state index contributed by atoms with van der Waals surface area (Å²) in [6.07, 6.45) is 1.79. The van der Waals surface area contributed by atoms with Gasteiger partial charge in [0.05, 0.1) is 17.2 Å². The molecule has 0 radical (unpaired) electrons. The van der Waals surface area contributed by atoms with Crippen molar-refractivity contribution in [3.8, 4) is 0 Å². The van der Waals surface area contributed by atoms with Crippen molar-refractivity contribution in [1.82, 2.24) is 4.90 Å². The quantitative estimate of drug-likeness (QED) is 0.821. The van der Waals surface area contributed by atoms with Gasteiger partial charge in [0.15, 0.2) is 0 Å². The zero-order valence-corrected chi connectivity index (χ0v) is 12.6. The van der Waals surface area contributed by atoms with E-state index < -0.39 is 5.91 Å². The number of anilines is 1. The fourth-order valence-corrected chi connectivity index (χ4v) is 2.54. The molecule has 0 bridgehead atoms. The average molecular weight is 322 g/mol. The van der Waals surface area contributed by atoms with Gasteiger partial charge in [0, 0.05) is 18.1 Å². The molecule has 1 fully saturated rings. The number of primary amides is 1. The molecule has 22 heavy (non-hydrogen) atoms. The molecule has 3 amide bonds. The van der Waals surface area contributed by atoms with Crippen molar-refractivity contribution < 1.29 is 14.4 Å². The number of nitrogens with one attached hydrogen (secondary N) is 1. The zero-order chi connectivity index (χ0) is 16.3. The Bertz CT molecular complexity index is 645. The van der Waals surface area contributed by atoms with Crippen LogP contribution in [0.2, 0.25) is 5.02 Å². The van der Waals surface area contributed by atoms with Gasteiger partial charge >= 0.3 is 0 Å². The van der Waals surface area contributed by atoms with Crippen LogP contribution in [0.3, 0.4) is 0 Å². The highest BCUT2D eigenvalue weighted by Gasteiger charge is 2.30.